The number of anilines is 3. The van der Waals surface area contributed by atoms with E-state index in [1.807, 2.05) is 24.5 Å². The number of fused-ring (bicyclic) bond motifs is 1. The van der Waals surface area contributed by atoms with E-state index in [9.17, 15) is 4.79 Å². The molecule has 0 bridgehead atoms. The number of carbonyl (C=O) groups is 1. The highest BCUT2D eigenvalue weighted by Gasteiger charge is 2.24. The molecule has 11 nitrogen and oxygen atoms in total. The Balaban J connectivity index is 1.23. The van der Waals surface area contributed by atoms with Gasteiger partial charge in [0.15, 0.2) is 17.0 Å². The monoisotopic (exact) mass is 488 g/mol. The van der Waals surface area contributed by atoms with Crippen LogP contribution in [-0.4, -0.2) is 55.0 Å². The van der Waals surface area contributed by atoms with Crippen molar-refractivity contribution in [2.45, 2.75) is 45.7 Å². The number of nitrogen functional groups attached to an aromatic ring is 1. The fourth-order valence-electron chi connectivity index (χ4n) is 4.82. The number of imidazole rings is 1. The molecule has 5 rings (SSSR count). The fraction of sp³-hybridized carbons (Fsp3) is 0.400. The van der Waals surface area contributed by atoms with Gasteiger partial charge in [-0.3, -0.25) is 5.32 Å². The summed E-state index contributed by atoms with van der Waals surface area (Å²) in [6.07, 6.45) is 3.82. The first kappa shape index (κ1) is 23.6. The van der Waals surface area contributed by atoms with Crippen LogP contribution in [0.1, 0.15) is 36.9 Å². The number of benzene rings is 1. The molecule has 0 atom stereocenters. The predicted octanol–water partition coefficient (Wildman–Crippen LogP) is 3.14. The van der Waals surface area contributed by atoms with Gasteiger partial charge in [-0.25, -0.2) is 14.5 Å². The number of aromatic nitrogens is 6. The van der Waals surface area contributed by atoms with E-state index in [4.69, 9.17) is 5.73 Å². The molecule has 0 saturated carbocycles. The van der Waals surface area contributed by atoms with Gasteiger partial charge in [0.05, 0.1) is 12.0 Å². The van der Waals surface area contributed by atoms with Crippen LogP contribution in [0.4, 0.5) is 22.4 Å². The van der Waals surface area contributed by atoms with E-state index in [0.717, 1.165) is 43.0 Å². The topological polar surface area (TPSA) is 132 Å². The Morgan fingerprint density at radius 3 is 2.69 bits per heavy atom. The number of urea groups is 1. The first-order chi connectivity index (χ1) is 17.5. The van der Waals surface area contributed by atoms with Crippen molar-refractivity contribution in [3.05, 3.63) is 54.0 Å². The van der Waals surface area contributed by atoms with Crippen LogP contribution in [0, 0.1) is 6.92 Å². The number of rotatable bonds is 7. The smallest absolute Gasteiger partial charge is 0.320 e. The van der Waals surface area contributed by atoms with Crippen molar-refractivity contribution in [1.29, 1.82) is 0 Å². The Bertz CT molecular complexity index is 1340. The second-order valence-corrected chi connectivity index (χ2v) is 9.06. The second kappa shape index (κ2) is 10.2. The van der Waals surface area contributed by atoms with E-state index in [-0.39, 0.29) is 12.0 Å². The third-order valence-corrected chi connectivity index (χ3v) is 6.61. The van der Waals surface area contributed by atoms with Crippen LogP contribution in [0.3, 0.4) is 0 Å². The SMILES string of the molecule is CCn1nc(C)cc1NC(=O)NCCn1cnc2c(N3CCC(c4ccccc4)CC3)nc(N)nc21. The van der Waals surface area contributed by atoms with Crippen molar-refractivity contribution in [2.75, 3.05) is 35.6 Å². The van der Waals surface area contributed by atoms with Crippen LogP contribution in [0.2, 0.25) is 0 Å². The lowest BCUT2D eigenvalue weighted by atomic mass is 9.89. The molecule has 1 saturated heterocycles. The van der Waals surface area contributed by atoms with Crippen LogP contribution in [0.15, 0.2) is 42.7 Å². The summed E-state index contributed by atoms with van der Waals surface area (Å²) < 4.78 is 3.65. The summed E-state index contributed by atoms with van der Waals surface area (Å²) in [7, 11) is 0. The van der Waals surface area contributed by atoms with Crippen molar-refractivity contribution in [2.24, 2.45) is 0 Å². The Labute approximate surface area is 209 Å². The fourth-order valence-corrected chi connectivity index (χ4v) is 4.82. The zero-order chi connectivity index (χ0) is 25.1. The summed E-state index contributed by atoms with van der Waals surface area (Å²) >= 11 is 0. The van der Waals surface area contributed by atoms with Gasteiger partial charge in [0, 0.05) is 38.8 Å². The van der Waals surface area contributed by atoms with Gasteiger partial charge < -0.3 is 20.5 Å². The first-order valence-corrected chi connectivity index (χ1v) is 12.4. The zero-order valence-electron chi connectivity index (χ0n) is 20.7. The minimum Gasteiger partial charge on any atom is -0.368 e. The lowest BCUT2D eigenvalue weighted by Crippen LogP contribution is -2.34. The molecule has 188 valence electrons. The lowest BCUT2D eigenvalue weighted by molar-refractivity contribution is 0.251. The van der Waals surface area contributed by atoms with E-state index in [0.29, 0.717) is 37.0 Å². The molecule has 0 radical (unpaired) electrons. The van der Waals surface area contributed by atoms with Crippen LogP contribution in [0.25, 0.3) is 11.2 Å². The number of aryl methyl sites for hydroxylation is 2. The molecule has 0 spiro atoms. The minimum absolute atomic E-state index is 0.221. The molecular formula is C25H32N10O. The van der Waals surface area contributed by atoms with Crippen molar-refractivity contribution in [3.63, 3.8) is 0 Å². The van der Waals surface area contributed by atoms with Gasteiger partial charge in [-0.15, -0.1) is 0 Å². The Kier molecular flexibility index (Phi) is 6.70. The molecule has 1 fully saturated rings. The molecule has 2 amide bonds. The average molecular weight is 489 g/mol. The number of amides is 2. The molecule has 4 aromatic rings. The molecule has 1 aliphatic heterocycles. The van der Waals surface area contributed by atoms with Crippen molar-refractivity contribution < 1.29 is 4.79 Å². The van der Waals surface area contributed by atoms with Crippen molar-refractivity contribution >= 4 is 34.8 Å². The van der Waals surface area contributed by atoms with E-state index >= 15 is 0 Å². The summed E-state index contributed by atoms with van der Waals surface area (Å²) in [5.41, 5.74) is 9.74. The molecule has 1 aliphatic rings. The Morgan fingerprint density at radius 2 is 1.94 bits per heavy atom. The molecule has 0 unspecified atom stereocenters. The van der Waals surface area contributed by atoms with Crippen molar-refractivity contribution in [1.82, 2.24) is 34.6 Å². The van der Waals surface area contributed by atoms with Crippen molar-refractivity contribution in [3.8, 4) is 0 Å². The molecule has 11 heteroatoms. The summed E-state index contributed by atoms with van der Waals surface area (Å²) in [6, 6.07) is 12.2. The summed E-state index contributed by atoms with van der Waals surface area (Å²) in [5, 5.41) is 10.1. The molecule has 4 N–H and O–H groups in total. The molecular weight excluding hydrogens is 456 g/mol. The second-order valence-electron chi connectivity index (χ2n) is 9.06. The van der Waals surface area contributed by atoms with Crippen LogP contribution >= 0.6 is 0 Å². The average Bonchev–Trinajstić information content (AvgIpc) is 3.46. The van der Waals surface area contributed by atoms with Gasteiger partial charge in [-0.1, -0.05) is 30.3 Å². The highest BCUT2D eigenvalue weighted by Crippen LogP contribution is 2.32. The number of hydrogen-bond donors (Lipinski definition) is 3. The minimum atomic E-state index is -0.287. The summed E-state index contributed by atoms with van der Waals surface area (Å²) in [6.45, 7) is 7.22. The van der Waals surface area contributed by atoms with E-state index in [1.54, 1.807) is 11.0 Å². The van der Waals surface area contributed by atoms with E-state index in [1.165, 1.54) is 5.56 Å². The quantitative estimate of drug-likeness (QED) is 0.364. The van der Waals surface area contributed by atoms with E-state index in [2.05, 4.69) is 65.9 Å². The lowest BCUT2D eigenvalue weighted by Gasteiger charge is -2.33. The molecule has 0 aliphatic carbocycles. The molecule has 1 aromatic carbocycles. The maximum atomic E-state index is 12.4. The van der Waals surface area contributed by atoms with E-state index < -0.39 is 0 Å². The van der Waals surface area contributed by atoms with Gasteiger partial charge in [0.1, 0.15) is 5.82 Å². The molecule has 36 heavy (non-hydrogen) atoms. The van der Waals surface area contributed by atoms with Crippen LogP contribution in [0.5, 0.6) is 0 Å². The number of piperidine rings is 1. The number of nitrogens with one attached hydrogen (secondary N) is 2. The highest BCUT2D eigenvalue weighted by molar-refractivity contribution is 5.88. The van der Waals surface area contributed by atoms with Gasteiger partial charge in [-0.05, 0) is 38.2 Å². The molecule has 3 aromatic heterocycles. The summed E-state index contributed by atoms with van der Waals surface area (Å²) in [4.78, 5) is 28.2. The van der Waals surface area contributed by atoms with Gasteiger partial charge in [0.2, 0.25) is 5.95 Å². The number of nitrogens with zero attached hydrogens (tertiary/aromatic N) is 7. The number of carbonyl (C=O) groups excluding carboxylic acids is 1. The number of hydrogen-bond acceptors (Lipinski definition) is 7. The predicted molar refractivity (Wildman–Crippen MR) is 140 cm³/mol. The highest BCUT2D eigenvalue weighted by atomic mass is 16.2. The Hall–Kier alpha value is -4.15. The Morgan fingerprint density at radius 1 is 1.17 bits per heavy atom. The largest absolute Gasteiger partial charge is 0.368 e. The van der Waals surface area contributed by atoms with Gasteiger partial charge in [-0.2, -0.15) is 15.1 Å². The zero-order valence-corrected chi connectivity index (χ0v) is 20.7. The van der Waals surface area contributed by atoms with Gasteiger partial charge >= 0.3 is 6.03 Å². The first-order valence-electron chi connectivity index (χ1n) is 12.4. The maximum absolute atomic E-state index is 12.4. The maximum Gasteiger partial charge on any atom is 0.320 e. The van der Waals surface area contributed by atoms with Crippen LogP contribution < -0.4 is 21.3 Å². The molecule has 4 heterocycles. The third-order valence-electron chi connectivity index (χ3n) is 6.61. The standard InChI is InChI=1S/C25H32N10O/c1-3-35-20(15-17(2)32-35)29-25(36)27-11-14-34-16-28-21-22(30-24(26)31-23(21)34)33-12-9-19(10-13-33)18-7-5-4-6-8-18/h4-8,15-16,19H,3,9-14H2,1-2H3,(H2,26,30,31)(H2,27,29,36). The number of nitrogens with two attached hydrogens (primary N) is 1. The third kappa shape index (κ3) is 4.95. The normalized spacial score (nSPS) is 14.3. The van der Waals surface area contributed by atoms with Crippen LogP contribution in [-0.2, 0) is 13.1 Å². The van der Waals surface area contributed by atoms with Gasteiger partial charge in [0.25, 0.3) is 0 Å². The summed E-state index contributed by atoms with van der Waals surface area (Å²) in [5.74, 6) is 2.21.